The lowest BCUT2D eigenvalue weighted by molar-refractivity contribution is 0.0594. The van der Waals surface area contributed by atoms with E-state index in [2.05, 4.69) is 40.3 Å². The normalized spacial score (nSPS) is 16.9. The molecule has 148 valence electrons. The molecule has 1 unspecified atom stereocenters. The van der Waals surface area contributed by atoms with Crippen molar-refractivity contribution in [1.82, 2.24) is 9.88 Å². The molecule has 1 aromatic heterocycles. The van der Waals surface area contributed by atoms with Crippen LogP contribution in [0.2, 0.25) is 0 Å². The highest BCUT2D eigenvalue weighted by Gasteiger charge is 2.24. The number of para-hydroxylation sites is 1. The number of aromatic amines is 1. The molecule has 2 heterocycles. The molecule has 1 aliphatic rings. The summed E-state index contributed by atoms with van der Waals surface area (Å²) in [5, 5.41) is 11.7. The summed E-state index contributed by atoms with van der Waals surface area (Å²) in [5.41, 5.74) is 2.64. The van der Waals surface area contributed by atoms with Crippen LogP contribution in [-0.2, 0) is 0 Å². The highest BCUT2D eigenvalue weighted by molar-refractivity contribution is 5.83. The lowest BCUT2D eigenvalue weighted by atomic mass is 9.89. The molecule has 0 amide bonds. The Morgan fingerprint density at radius 1 is 1.11 bits per heavy atom. The predicted octanol–water partition coefficient (Wildman–Crippen LogP) is 3.80. The molecule has 1 atom stereocenters. The van der Waals surface area contributed by atoms with Gasteiger partial charge in [0.25, 0.3) is 0 Å². The molecule has 3 aromatic rings. The van der Waals surface area contributed by atoms with Gasteiger partial charge in [-0.3, -0.25) is 0 Å². The molecule has 0 aliphatic carbocycles. The van der Waals surface area contributed by atoms with Gasteiger partial charge in [-0.25, -0.2) is 0 Å². The average molecular weight is 380 g/mol. The minimum atomic E-state index is -0.504. The number of aromatic nitrogens is 1. The van der Waals surface area contributed by atoms with Crippen molar-refractivity contribution < 1.29 is 14.6 Å². The Balaban J connectivity index is 1.26. The molecular weight excluding hydrogens is 352 g/mol. The number of benzene rings is 2. The molecule has 2 aromatic carbocycles. The number of piperidine rings is 1. The minimum absolute atomic E-state index is 0.287. The van der Waals surface area contributed by atoms with Gasteiger partial charge < -0.3 is 24.5 Å². The fraction of sp³-hybridized carbons (Fsp3) is 0.391. The van der Waals surface area contributed by atoms with Crippen molar-refractivity contribution in [2.45, 2.75) is 24.9 Å². The Morgan fingerprint density at radius 3 is 2.71 bits per heavy atom. The molecular formula is C23H28N2O3. The second kappa shape index (κ2) is 8.67. The number of aliphatic hydroxyl groups is 1. The van der Waals surface area contributed by atoms with Gasteiger partial charge in [-0.1, -0.05) is 24.3 Å². The number of H-pyrrole nitrogens is 1. The smallest absolute Gasteiger partial charge is 0.123 e. The highest BCUT2D eigenvalue weighted by atomic mass is 16.5. The average Bonchev–Trinajstić information content (AvgIpc) is 3.17. The van der Waals surface area contributed by atoms with Crippen LogP contribution in [-0.4, -0.2) is 54.4 Å². The Morgan fingerprint density at radius 2 is 1.89 bits per heavy atom. The third-order valence-electron chi connectivity index (χ3n) is 5.60. The van der Waals surface area contributed by atoms with Crippen LogP contribution in [0.1, 0.15) is 24.3 Å². The Hall–Kier alpha value is -2.50. The topological polar surface area (TPSA) is 57.7 Å². The fourth-order valence-electron chi connectivity index (χ4n) is 4.09. The molecule has 0 bridgehead atoms. The Bertz CT molecular complexity index is 900. The molecule has 1 saturated heterocycles. The van der Waals surface area contributed by atoms with Gasteiger partial charge in [-0.2, -0.15) is 0 Å². The first-order chi connectivity index (χ1) is 13.7. The van der Waals surface area contributed by atoms with E-state index in [0.29, 0.717) is 12.5 Å². The zero-order valence-corrected chi connectivity index (χ0v) is 16.3. The quantitative estimate of drug-likeness (QED) is 0.655. The summed E-state index contributed by atoms with van der Waals surface area (Å²) in [4.78, 5) is 5.73. The molecule has 28 heavy (non-hydrogen) atoms. The maximum Gasteiger partial charge on any atom is 0.123 e. The first kappa shape index (κ1) is 18.8. The van der Waals surface area contributed by atoms with Crippen molar-refractivity contribution >= 4 is 10.9 Å². The van der Waals surface area contributed by atoms with Gasteiger partial charge in [-0.15, -0.1) is 0 Å². The van der Waals surface area contributed by atoms with E-state index in [-0.39, 0.29) is 6.61 Å². The van der Waals surface area contributed by atoms with Gasteiger partial charge in [0, 0.05) is 29.7 Å². The van der Waals surface area contributed by atoms with Crippen molar-refractivity contribution in [2.24, 2.45) is 0 Å². The first-order valence-electron chi connectivity index (χ1n) is 9.96. The SMILES string of the molecule is COc1cccc(OCC(O)CN2CCC(c3c[nH]c4ccccc34)CC2)c1. The van der Waals surface area contributed by atoms with Crippen molar-refractivity contribution in [1.29, 1.82) is 0 Å². The van der Waals surface area contributed by atoms with Crippen molar-refractivity contribution in [3.8, 4) is 11.5 Å². The number of ether oxygens (including phenoxy) is 2. The number of aliphatic hydroxyl groups excluding tert-OH is 1. The summed E-state index contributed by atoms with van der Waals surface area (Å²) in [6, 6.07) is 16.0. The van der Waals surface area contributed by atoms with Crippen molar-refractivity contribution in [3.63, 3.8) is 0 Å². The number of likely N-dealkylation sites (tertiary alicyclic amines) is 1. The van der Waals surface area contributed by atoms with E-state index in [1.807, 2.05) is 24.3 Å². The van der Waals surface area contributed by atoms with E-state index in [1.165, 1.54) is 16.5 Å². The fourth-order valence-corrected chi connectivity index (χ4v) is 4.09. The summed E-state index contributed by atoms with van der Waals surface area (Å²) in [6.07, 6.45) is 3.90. The van der Waals surface area contributed by atoms with Gasteiger partial charge in [0.05, 0.1) is 7.11 Å². The van der Waals surface area contributed by atoms with Crippen LogP contribution in [0.5, 0.6) is 11.5 Å². The number of hydrogen-bond acceptors (Lipinski definition) is 4. The van der Waals surface area contributed by atoms with Gasteiger partial charge in [0.1, 0.15) is 24.2 Å². The monoisotopic (exact) mass is 380 g/mol. The van der Waals surface area contributed by atoms with Gasteiger partial charge >= 0.3 is 0 Å². The molecule has 4 rings (SSSR count). The van der Waals surface area contributed by atoms with Crippen molar-refractivity contribution in [3.05, 3.63) is 60.3 Å². The number of β-amino-alcohol motifs (C(OH)–C–C–N with tert-alkyl or cyclic N) is 1. The van der Waals surface area contributed by atoms with E-state index in [0.717, 1.165) is 37.4 Å². The van der Waals surface area contributed by atoms with Crippen LogP contribution in [0.4, 0.5) is 0 Å². The Kier molecular flexibility index (Phi) is 5.84. The number of rotatable bonds is 7. The van der Waals surface area contributed by atoms with Crippen LogP contribution in [0, 0.1) is 0 Å². The van der Waals surface area contributed by atoms with Crippen molar-refractivity contribution in [2.75, 3.05) is 33.4 Å². The molecule has 2 N–H and O–H groups in total. The van der Waals surface area contributed by atoms with Crippen LogP contribution < -0.4 is 9.47 Å². The molecule has 0 saturated carbocycles. The third kappa shape index (κ3) is 4.32. The Labute approximate surface area is 165 Å². The summed E-state index contributed by atoms with van der Waals surface area (Å²) in [6.45, 7) is 2.93. The third-order valence-corrected chi connectivity index (χ3v) is 5.60. The number of nitrogens with one attached hydrogen (secondary N) is 1. The maximum absolute atomic E-state index is 10.4. The molecule has 1 aliphatic heterocycles. The summed E-state index contributed by atoms with van der Waals surface area (Å²) >= 11 is 0. The second-order valence-corrected chi connectivity index (χ2v) is 7.51. The zero-order chi connectivity index (χ0) is 19.3. The predicted molar refractivity (Wildman–Crippen MR) is 111 cm³/mol. The largest absolute Gasteiger partial charge is 0.497 e. The molecule has 0 spiro atoms. The second-order valence-electron chi connectivity index (χ2n) is 7.51. The highest BCUT2D eigenvalue weighted by Crippen LogP contribution is 2.33. The lowest BCUT2D eigenvalue weighted by Crippen LogP contribution is -2.40. The minimum Gasteiger partial charge on any atom is -0.497 e. The van der Waals surface area contributed by atoms with Gasteiger partial charge in [-0.05, 0) is 55.6 Å². The van der Waals surface area contributed by atoms with Crippen LogP contribution in [0.25, 0.3) is 10.9 Å². The maximum atomic E-state index is 10.4. The molecule has 1 fully saturated rings. The number of hydrogen-bond donors (Lipinski definition) is 2. The van der Waals surface area contributed by atoms with E-state index in [4.69, 9.17) is 9.47 Å². The summed E-state index contributed by atoms with van der Waals surface area (Å²) < 4.78 is 10.9. The van der Waals surface area contributed by atoms with Gasteiger partial charge in [0.2, 0.25) is 0 Å². The first-order valence-corrected chi connectivity index (χ1v) is 9.96. The van der Waals surface area contributed by atoms with Crippen LogP contribution >= 0.6 is 0 Å². The number of methoxy groups -OCH3 is 1. The molecule has 5 heteroatoms. The summed E-state index contributed by atoms with van der Waals surface area (Å²) in [7, 11) is 1.63. The zero-order valence-electron chi connectivity index (χ0n) is 16.3. The van der Waals surface area contributed by atoms with E-state index < -0.39 is 6.10 Å². The van der Waals surface area contributed by atoms with E-state index >= 15 is 0 Å². The van der Waals surface area contributed by atoms with E-state index in [9.17, 15) is 5.11 Å². The standard InChI is InChI=1S/C23H28N2O3/c1-27-19-5-4-6-20(13-19)28-16-18(26)15-25-11-9-17(10-12-25)22-14-24-23-8-3-2-7-21(22)23/h2-8,13-14,17-18,24,26H,9-12,15-16H2,1H3. The van der Waals surface area contributed by atoms with Crippen LogP contribution in [0.15, 0.2) is 54.7 Å². The van der Waals surface area contributed by atoms with Crippen LogP contribution in [0.3, 0.4) is 0 Å². The molecule has 0 radical (unpaired) electrons. The summed E-state index contributed by atoms with van der Waals surface area (Å²) in [5.74, 6) is 2.06. The lowest BCUT2D eigenvalue weighted by Gasteiger charge is -2.33. The van der Waals surface area contributed by atoms with E-state index in [1.54, 1.807) is 7.11 Å². The van der Waals surface area contributed by atoms with Gasteiger partial charge in [0.15, 0.2) is 0 Å². The number of nitrogens with zero attached hydrogens (tertiary/aromatic N) is 1. The molecule has 5 nitrogen and oxygen atoms in total. The number of fused-ring (bicyclic) bond motifs is 1.